The second kappa shape index (κ2) is 7.51. The lowest BCUT2D eigenvalue weighted by Gasteiger charge is -2.32. The molecule has 5 nitrogen and oxygen atoms in total. The second-order valence-corrected chi connectivity index (χ2v) is 7.42. The average Bonchev–Trinajstić information content (AvgIpc) is 2.41. The molecule has 0 aliphatic carbocycles. The first-order chi connectivity index (χ1) is 10.9. The van der Waals surface area contributed by atoms with E-state index in [1.54, 1.807) is 41.5 Å². The molecule has 1 aromatic carbocycles. The van der Waals surface area contributed by atoms with Crippen LogP contribution in [-0.2, 0) is 9.47 Å². The van der Waals surface area contributed by atoms with E-state index in [4.69, 9.17) is 9.47 Å². The van der Waals surface area contributed by atoms with Crippen LogP contribution in [0, 0.1) is 0 Å². The van der Waals surface area contributed by atoms with E-state index in [2.05, 4.69) is 6.58 Å². The fourth-order valence-electron chi connectivity index (χ4n) is 1.96. The lowest BCUT2D eigenvalue weighted by molar-refractivity contribution is -0.00385. The summed E-state index contributed by atoms with van der Waals surface area (Å²) in [5.74, 6) is 0. The Morgan fingerprint density at radius 2 is 1.38 bits per heavy atom. The van der Waals surface area contributed by atoms with Gasteiger partial charge in [-0.25, -0.2) is 14.5 Å². The van der Waals surface area contributed by atoms with Gasteiger partial charge < -0.3 is 9.47 Å². The smallest absolute Gasteiger partial charge is 0.420 e. The summed E-state index contributed by atoms with van der Waals surface area (Å²) in [5, 5.41) is 0. The monoisotopic (exact) mass is 333 g/mol. The van der Waals surface area contributed by atoms with Crippen molar-refractivity contribution in [1.82, 2.24) is 4.90 Å². The lowest BCUT2D eigenvalue weighted by atomic mass is 10.1. The van der Waals surface area contributed by atoms with E-state index in [0.29, 0.717) is 0 Å². The Kier molecular flexibility index (Phi) is 6.18. The number of amides is 2. The third kappa shape index (κ3) is 6.07. The molecule has 0 saturated heterocycles. The Bertz CT molecular complexity index is 554. The molecule has 0 fully saturated rings. The van der Waals surface area contributed by atoms with Gasteiger partial charge in [0.2, 0.25) is 0 Å². The Hall–Kier alpha value is -2.30. The molecule has 1 aromatic rings. The molecule has 1 rings (SSSR count). The molecule has 24 heavy (non-hydrogen) atoms. The van der Waals surface area contributed by atoms with Crippen molar-refractivity contribution in [2.75, 3.05) is 0 Å². The molecule has 0 aliphatic heterocycles. The van der Waals surface area contributed by atoms with E-state index in [-0.39, 0.29) is 0 Å². The Morgan fingerprint density at radius 1 is 0.958 bits per heavy atom. The van der Waals surface area contributed by atoms with Crippen LogP contribution in [0.3, 0.4) is 0 Å². The van der Waals surface area contributed by atoms with Crippen molar-refractivity contribution >= 4 is 12.2 Å². The first-order valence-electron chi connectivity index (χ1n) is 7.87. The predicted octanol–water partition coefficient (Wildman–Crippen LogP) is 5.09. The number of hydrogen-bond acceptors (Lipinski definition) is 4. The Labute approximate surface area is 144 Å². The predicted molar refractivity (Wildman–Crippen MR) is 93.7 cm³/mol. The second-order valence-electron chi connectivity index (χ2n) is 7.42. The summed E-state index contributed by atoms with van der Waals surface area (Å²) in [7, 11) is 0. The topological polar surface area (TPSA) is 55.8 Å². The highest BCUT2D eigenvalue weighted by Crippen LogP contribution is 2.26. The summed E-state index contributed by atoms with van der Waals surface area (Å²) in [4.78, 5) is 26.2. The number of carbonyl (C=O) groups excluding carboxylic acids is 2. The van der Waals surface area contributed by atoms with Gasteiger partial charge in [-0.1, -0.05) is 36.4 Å². The van der Waals surface area contributed by atoms with Gasteiger partial charge >= 0.3 is 12.2 Å². The van der Waals surface area contributed by atoms with Gasteiger partial charge in [0.05, 0.1) is 6.04 Å². The van der Waals surface area contributed by atoms with E-state index in [1.807, 2.05) is 30.3 Å². The normalized spacial score (nSPS) is 12.9. The summed E-state index contributed by atoms with van der Waals surface area (Å²) in [6.45, 7) is 14.2. The van der Waals surface area contributed by atoms with Gasteiger partial charge in [0.15, 0.2) is 0 Å². The molecule has 0 unspecified atom stereocenters. The van der Waals surface area contributed by atoms with Crippen molar-refractivity contribution < 1.29 is 19.1 Å². The van der Waals surface area contributed by atoms with Crippen LogP contribution in [0.4, 0.5) is 9.59 Å². The van der Waals surface area contributed by atoms with Crippen LogP contribution in [0.5, 0.6) is 0 Å². The minimum Gasteiger partial charge on any atom is -0.443 e. The van der Waals surface area contributed by atoms with Crippen LogP contribution in [0.15, 0.2) is 43.0 Å². The van der Waals surface area contributed by atoms with Crippen molar-refractivity contribution in [3.63, 3.8) is 0 Å². The third-order valence-corrected chi connectivity index (χ3v) is 2.82. The molecule has 1 atom stereocenters. The van der Waals surface area contributed by atoms with Crippen LogP contribution in [0.2, 0.25) is 0 Å². The van der Waals surface area contributed by atoms with Crippen molar-refractivity contribution in [3.8, 4) is 0 Å². The van der Waals surface area contributed by atoms with Gasteiger partial charge in [0.1, 0.15) is 11.2 Å². The van der Waals surface area contributed by atoms with E-state index < -0.39 is 29.4 Å². The molecular formula is C19H27NO4. The first-order valence-corrected chi connectivity index (χ1v) is 7.87. The van der Waals surface area contributed by atoms with Gasteiger partial charge in [-0.3, -0.25) is 0 Å². The lowest BCUT2D eigenvalue weighted by Crippen LogP contribution is -2.45. The highest BCUT2D eigenvalue weighted by atomic mass is 16.6. The van der Waals surface area contributed by atoms with E-state index in [9.17, 15) is 9.59 Å². The zero-order chi connectivity index (χ0) is 18.5. The number of ether oxygens (including phenoxy) is 2. The van der Waals surface area contributed by atoms with Crippen LogP contribution in [0.25, 0.3) is 0 Å². The van der Waals surface area contributed by atoms with Gasteiger partial charge in [0.25, 0.3) is 0 Å². The van der Waals surface area contributed by atoms with E-state index >= 15 is 0 Å². The maximum Gasteiger partial charge on any atom is 0.420 e. The highest BCUT2D eigenvalue weighted by Gasteiger charge is 2.36. The standard InChI is InChI=1S/C19H27NO4/c1-8-15(14-12-10-9-11-13-14)20(16(21)23-18(2,3)4)17(22)24-19(5,6)7/h8-13,15H,1H2,2-7H3/t15-/m0/s1. The molecule has 0 radical (unpaired) electrons. The van der Waals surface area contributed by atoms with Crippen LogP contribution in [-0.4, -0.2) is 28.3 Å². The zero-order valence-corrected chi connectivity index (χ0v) is 15.3. The Morgan fingerprint density at radius 3 is 1.71 bits per heavy atom. The molecule has 2 amide bonds. The van der Waals surface area contributed by atoms with Crippen LogP contribution in [0.1, 0.15) is 53.1 Å². The third-order valence-electron chi connectivity index (χ3n) is 2.82. The van der Waals surface area contributed by atoms with Crippen molar-refractivity contribution in [1.29, 1.82) is 0 Å². The fraction of sp³-hybridized carbons (Fsp3) is 0.474. The van der Waals surface area contributed by atoms with Crippen LogP contribution < -0.4 is 0 Å². The molecule has 0 heterocycles. The van der Waals surface area contributed by atoms with Crippen molar-refractivity contribution in [3.05, 3.63) is 48.6 Å². The van der Waals surface area contributed by atoms with Gasteiger partial charge in [-0.15, -0.1) is 6.58 Å². The van der Waals surface area contributed by atoms with Gasteiger partial charge in [-0.05, 0) is 47.1 Å². The molecule has 0 bridgehead atoms. The molecule has 0 spiro atoms. The number of benzene rings is 1. The van der Waals surface area contributed by atoms with Crippen molar-refractivity contribution in [2.45, 2.75) is 58.8 Å². The minimum absolute atomic E-state index is 0.684. The fourth-order valence-corrected chi connectivity index (χ4v) is 1.96. The van der Waals surface area contributed by atoms with E-state index in [1.165, 1.54) is 6.08 Å². The maximum absolute atomic E-state index is 12.6. The number of imide groups is 1. The number of hydrogen-bond donors (Lipinski definition) is 0. The summed E-state index contributed by atoms with van der Waals surface area (Å²) in [6, 6.07) is 8.45. The average molecular weight is 333 g/mol. The molecule has 132 valence electrons. The molecule has 0 N–H and O–H groups in total. The molecule has 0 aromatic heterocycles. The number of carbonyl (C=O) groups is 2. The largest absolute Gasteiger partial charge is 0.443 e. The quantitative estimate of drug-likeness (QED) is 0.723. The highest BCUT2D eigenvalue weighted by molar-refractivity contribution is 5.89. The molecule has 5 heteroatoms. The first kappa shape index (κ1) is 19.7. The number of nitrogens with zero attached hydrogens (tertiary/aromatic N) is 1. The molecular weight excluding hydrogens is 306 g/mol. The summed E-state index contributed by atoms with van der Waals surface area (Å²) in [5.41, 5.74) is -0.733. The van der Waals surface area contributed by atoms with E-state index in [0.717, 1.165) is 10.5 Å². The zero-order valence-electron chi connectivity index (χ0n) is 15.3. The van der Waals surface area contributed by atoms with Crippen LogP contribution >= 0.6 is 0 Å². The number of rotatable bonds is 3. The SMILES string of the molecule is C=C[C@@H](c1ccccc1)N(C(=O)OC(C)(C)C)C(=O)OC(C)(C)C. The summed E-state index contributed by atoms with van der Waals surface area (Å²) >= 11 is 0. The van der Waals surface area contributed by atoms with Gasteiger partial charge in [0, 0.05) is 0 Å². The molecule has 0 saturated carbocycles. The minimum atomic E-state index is -0.773. The van der Waals surface area contributed by atoms with Crippen molar-refractivity contribution in [2.24, 2.45) is 0 Å². The van der Waals surface area contributed by atoms with Gasteiger partial charge in [-0.2, -0.15) is 0 Å². The summed E-state index contributed by atoms with van der Waals surface area (Å²) in [6.07, 6.45) is -0.0283. The summed E-state index contributed by atoms with van der Waals surface area (Å²) < 4.78 is 10.8. The maximum atomic E-state index is 12.6. The molecule has 0 aliphatic rings. The Balaban J connectivity index is 3.23.